The van der Waals surface area contributed by atoms with Gasteiger partial charge in [0.15, 0.2) is 11.5 Å². The van der Waals surface area contributed by atoms with Gasteiger partial charge in [0, 0.05) is 31.2 Å². The van der Waals surface area contributed by atoms with Crippen molar-refractivity contribution in [2.24, 2.45) is 5.73 Å². The average molecular weight is 518 g/mol. The van der Waals surface area contributed by atoms with Crippen LogP contribution >= 0.6 is 23.2 Å². The van der Waals surface area contributed by atoms with Gasteiger partial charge in [-0.2, -0.15) is 0 Å². The van der Waals surface area contributed by atoms with E-state index in [4.69, 9.17) is 34.7 Å². The van der Waals surface area contributed by atoms with Gasteiger partial charge in [-0.05, 0) is 45.0 Å². The average Bonchev–Trinajstić information content (AvgIpc) is 3.38. The lowest BCUT2D eigenvalue weighted by atomic mass is 9.99. The predicted molar refractivity (Wildman–Crippen MR) is 138 cm³/mol. The summed E-state index contributed by atoms with van der Waals surface area (Å²) >= 11 is 13.5. The minimum atomic E-state index is -0.989. The lowest BCUT2D eigenvalue weighted by Crippen LogP contribution is -2.56. The van der Waals surface area contributed by atoms with E-state index in [2.05, 4.69) is 30.1 Å². The van der Waals surface area contributed by atoms with Crippen molar-refractivity contribution in [3.63, 3.8) is 0 Å². The Balaban J connectivity index is 1.56. The van der Waals surface area contributed by atoms with Crippen LogP contribution in [-0.2, 0) is 17.9 Å². The molecule has 2 aromatic heterocycles. The normalized spacial score (nSPS) is 20.2. The second kappa shape index (κ2) is 9.09. The fourth-order valence-corrected chi connectivity index (χ4v) is 5.15. The summed E-state index contributed by atoms with van der Waals surface area (Å²) in [6, 6.07) is 2.15. The summed E-state index contributed by atoms with van der Waals surface area (Å²) in [5.41, 5.74) is 15.6. The summed E-state index contributed by atoms with van der Waals surface area (Å²) in [5, 5.41) is 3.95. The summed E-state index contributed by atoms with van der Waals surface area (Å²) in [7, 11) is 3.99. The summed E-state index contributed by atoms with van der Waals surface area (Å²) in [5.74, 6) is 0.217. The number of nitrogens with one attached hydrogen (secondary N) is 1. The first-order chi connectivity index (χ1) is 16.7. The van der Waals surface area contributed by atoms with Crippen LogP contribution in [-0.4, -0.2) is 69.1 Å². The molecule has 2 fully saturated rings. The van der Waals surface area contributed by atoms with Gasteiger partial charge in [0.2, 0.25) is 5.91 Å². The first-order valence-corrected chi connectivity index (χ1v) is 12.3. The van der Waals surface area contributed by atoms with Gasteiger partial charge >= 0.3 is 0 Å². The number of fused-ring (bicyclic) bond motifs is 1. The third-order valence-corrected chi connectivity index (χ3v) is 7.40. The number of hydrogen-bond acceptors (Lipinski definition) is 8. The van der Waals surface area contributed by atoms with Crippen LogP contribution in [0.4, 0.5) is 11.5 Å². The van der Waals surface area contributed by atoms with Crippen molar-refractivity contribution in [2.75, 3.05) is 37.8 Å². The summed E-state index contributed by atoms with van der Waals surface area (Å²) in [6.07, 6.45) is 5.66. The van der Waals surface area contributed by atoms with Gasteiger partial charge in [0.25, 0.3) is 0 Å². The van der Waals surface area contributed by atoms with E-state index < -0.39 is 5.54 Å². The van der Waals surface area contributed by atoms with E-state index in [1.807, 2.05) is 24.7 Å². The maximum Gasteiger partial charge on any atom is 0.242 e. The van der Waals surface area contributed by atoms with Crippen molar-refractivity contribution in [1.82, 2.24) is 29.7 Å². The molecule has 0 spiro atoms. The molecule has 1 unspecified atom stereocenters. The molecule has 1 aliphatic heterocycles. The van der Waals surface area contributed by atoms with Crippen LogP contribution in [0.5, 0.6) is 0 Å². The lowest BCUT2D eigenvalue weighted by molar-refractivity contribution is -0.125. The Labute approximate surface area is 213 Å². The van der Waals surface area contributed by atoms with Crippen molar-refractivity contribution >= 4 is 51.8 Å². The van der Waals surface area contributed by atoms with Gasteiger partial charge in [0.05, 0.1) is 28.6 Å². The number of nitrogen functional groups attached to an aromatic ring is 1. The lowest BCUT2D eigenvalue weighted by Gasteiger charge is -2.29. The molecule has 35 heavy (non-hydrogen) atoms. The topological polar surface area (TPSA) is 131 Å². The highest BCUT2D eigenvalue weighted by molar-refractivity contribution is 6.44. The number of halogens is 2. The molecule has 5 N–H and O–H groups in total. The van der Waals surface area contributed by atoms with Crippen molar-refractivity contribution in [1.29, 1.82) is 0 Å². The van der Waals surface area contributed by atoms with E-state index in [9.17, 15) is 4.79 Å². The van der Waals surface area contributed by atoms with Crippen molar-refractivity contribution < 1.29 is 4.79 Å². The molecular formula is C23H29Cl2N9O. The van der Waals surface area contributed by atoms with Crippen LogP contribution in [0.15, 0.2) is 18.7 Å². The fourth-order valence-electron chi connectivity index (χ4n) is 4.64. The third kappa shape index (κ3) is 4.63. The molecule has 2 aliphatic rings. The zero-order valence-corrected chi connectivity index (χ0v) is 21.3. The Morgan fingerprint density at radius 2 is 2.06 bits per heavy atom. The molecule has 1 amide bonds. The Morgan fingerprint density at radius 3 is 2.77 bits per heavy atom. The third-order valence-electron chi connectivity index (χ3n) is 6.62. The first kappa shape index (κ1) is 24.1. The monoisotopic (exact) mass is 517 g/mol. The minimum absolute atomic E-state index is 0.108. The van der Waals surface area contributed by atoms with E-state index in [1.54, 1.807) is 6.33 Å². The highest BCUT2D eigenvalue weighted by Gasteiger charge is 2.44. The Morgan fingerprint density at radius 1 is 1.29 bits per heavy atom. The molecule has 0 bridgehead atoms. The van der Waals surface area contributed by atoms with Crippen LogP contribution < -0.4 is 21.7 Å². The van der Waals surface area contributed by atoms with Crippen LogP contribution in [0, 0.1) is 0 Å². The summed E-state index contributed by atoms with van der Waals surface area (Å²) in [4.78, 5) is 29.9. The maximum absolute atomic E-state index is 12.9. The number of anilines is 2. The number of carbonyl (C=O) groups excluding carboxylic acids is 1. The predicted octanol–water partition coefficient (Wildman–Crippen LogP) is 2.01. The smallest absolute Gasteiger partial charge is 0.242 e. The van der Waals surface area contributed by atoms with Gasteiger partial charge in [-0.3, -0.25) is 4.79 Å². The molecule has 1 aliphatic carbocycles. The molecule has 0 radical (unpaired) electrons. The largest absolute Gasteiger partial charge is 0.382 e. The number of rotatable bonds is 7. The van der Waals surface area contributed by atoms with Crippen LogP contribution in [0.2, 0.25) is 10.0 Å². The van der Waals surface area contributed by atoms with Crippen LogP contribution in [0.25, 0.3) is 11.2 Å². The molecule has 12 heteroatoms. The molecule has 5 rings (SSSR count). The number of benzene rings is 1. The van der Waals surface area contributed by atoms with Crippen molar-refractivity contribution in [2.45, 2.75) is 43.9 Å². The molecule has 10 nitrogen and oxygen atoms in total. The number of imidazole rings is 1. The van der Waals surface area contributed by atoms with Gasteiger partial charge in [-0.25, -0.2) is 15.0 Å². The van der Waals surface area contributed by atoms with Crippen LogP contribution in [0.1, 0.15) is 30.4 Å². The SMILES string of the molecule is CN(C)Cc1cc(Cl)c(Cl)c(N2CCC(N)(C(=O)NC3CC3)C2)c1Cn1cnc2c(N)ncnc21. The van der Waals surface area contributed by atoms with E-state index in [-0.39, 0.29) is 11.9 Å². The molecule has 3 aromatic rings. The molecule has 1 aromatic carbocycles. The summed E-state index contributed by atoms with van der Waals surface area (Å²) in [6.45, 7) is 2.01. The molecule has 1 saturated carbocycles. The molecule has 186 valence electrons. The minimum Gasteiger partial charge on any atom is -0.382 e. The number of carbonyl (C=O) groups is 1. The van der Waals surface area contributed by atoms with Crippen molar-refractivity contribution in [3.8, 4) is 0 Å². The Hall–Kier alpha value is -2.66. The maximum atomic E-state index is 12.9. The molecule has 1 atom stereocenters. The quantitative estimate of drug-likeness (QED) is 0.433. The Kier molecular flexibility index (Phi) is 6.25. The van der Waals surface area contributed by atoms with E-state index in [0.717, 1.165) is 29.7 Å². The standard InChI is InChI=1S/C23H29Cl2N9O/c1-32(2)8-13-7-16(24)17(25)19(33-6-5-23(27,10-33)22(35)31-14-3-4-14)15(13)9-34-12-30-18-20(26)28-11-29-21(18)34/h7,11-12,14H,3-6,8-10,27H2,1-2H3,(H,31,35)(H2,26,28,29). The number of nitrogens with two attached hydrogens (primary N) is 2. The highest BCUT2D eigenvalue weighted by Crippen LogP contribution is 2.42. The number of nitrogens with zero attached hydrogens (tertiary/aromatic N) is 6. The first-order valence-electron chi connectivity index (χ1n) is 11.6. The summed E-state index contributed by atoms with van der Waals surface area (Å²) < 4.78 is 1.92. The van der Waals surface area contributed by atoms with Gasteiger partial charge in [-0.1, -0.05) is 23.2 Å². The molecule has 3 heterocycles. The molecule has 1 saturated heterocycles. The van der Waals surface area contributed by atoms with E-state index in [1.165, 1.54) is 6.33 Å². The van der Waals surface area contributed by atoms with Crippen LogP contribution in [0.3, 0.4) is 0 Å². The van der Waals surface area contributed by atoms with Gasteiger partial charge in [-0.15, -0.1) is 0 Å². The van der Waals surface area contributed by atoms with Crippen molar-refractivity contribution in [3.05, 3.63) is 39.9 Å². The second-order valence-corrected chi connectivity index (χ2v) is 10.6. The van der Waals surface area contributed by atoms with Gasteiger partial charge < -0.3 is 31.2 Å². The zero-order valence-electron chi connectivity index (χ0n) is 19.8. The van der Waals surface area contributed by atoms with E-state index in [0.29, 0.717) is 59.6 Å². The zero-order chi connectivity index (χ0) is 24.9. The highest BCUT2D eigenvalue weighted by atomic mass is 35.5. The number of hydrogen-bond donors (Lipinski definition) is 3. The van der Waals surface area contributed by atoms with Gasteiger partial charge in [0.1, 0.15) is 17.4 Å². The number of aromatic nitrogens is 4. The fraction of sp³-hybridized carbons (Fsp3) is 0.478. The number of amides is 1. The Bertz CT molecular complexity index is 1290. The second-order valence-electron chi connectivity index (χ2n) is 9.78. The van der Waals surface area contributed by atoms with E-state index >= 15 is 0 Å². The molecular weight excluding hydrogens is 489 g/mol.